The quantitative estimate of drug-likeness (QED) is 0.481. The largest absolute Gasteiger partial charge is 0.348 e. The number of rotatable bonds is 8. The Morgan fingerprint density at radius 3 is 2.03 bits per heavy atom. The van der Waals surface area contributed by atoms with Crippen molar-refractivity contribution < 1.29 is 21.6 Å². The Kier molecular flexibility index (Phi) is 7.70. The van der Waals surface area contributed by atoms with E-state index in [-0.39, 0.29) is 20.5 Å². The van der Waals surface area contributed by atoms with Gasteiger partial charge >= 0.3 is 0 Å². The van der Waals surface area contributed by atoms with Crippen LogP contribution >= 0.6 is 11.6 Å². The number of para-hydroxylation sites is 1. The molecule has 10 heteroatoms. The number of carbonyl (C=O) groups excluding carboxylic acids is 1. The molecule has 1 amide bonds. The molecule has 0 saturated heterocycles. The third kappa shape index (κ3) is 5.97. The van der Waals surface area contributed by atoms with Gasteiger partial charge in [0, 0.05) is 6.26 Å². The van der Waals surface area contributed by atoms with Crippen LogP contribution in [0.2, 0.25) is 5.02 Å². The number of anilines is 1. The van der Waals surface area contributed by atoms with Crippen LogP contribution in [-0.2, 0) is 24.7 Å². The topological polar surface area (TPSA) is 101 Å². The Morgan fingerprint density at radius 2 is 1.47 bits per heavy atom. The van der Waals surface area contributed by atoms with Gasteiger partial charge in [0.25, 0.3) is 10.0 Å². The van der Waals surface area contributed by atoms with Gasteiger partial charge in [-0.05, 0) is 55.8 Å². The van der Waals surface area contributed by atoms with Crippen LogP contribution in [0.25, 0.3) is 0 Å². The maximum Gasteiger partial charge on any atom is 0.264 e. The molecule has 0 fully saturated rings. The lowest BCUT2D eigenvalue weighted by Gasteiger charge is -2.26. The number of aryl methyl sites for hydroxylation is 1. The van der Waals surface area contributed by atoms with Crippen molar-refractivity contribution in [3.8, 4) is 0 Å². The van der Waals surface area contributed by atoms with Crippen molar-refractivity contribution in [2.75, 3.05) is 17.1 Å². The fraction of sp³-hybridized carbons (Fsp3) is 0.208. The lowest BCUT2D eigenvalue weighted by atomic mass is 10.1. The highest BCUT2D eigenvalue weighted by Gasteiger charge is 2.29. The summed E-state index contributed by atoms with van der Waals surface area (Å²) in [5.41, 5.74) is 1.76. The molecule has 3 aromatic carbocycles. The first-order chi connectivity index (χ1) is 15.9. The van der Waals surface area contributed by atoms with Crippen LogP contribution < -0.4 is 9.62 Å². The van der Waals surface area contributed by atoms with Crippen LogP contribution in [0, 0.1) is 6.92 Å². The van der Waals surface area contributed by atoms with E-state index in [1.54, 1.807) is 49.4 Å². The predicted octanol–water partition coefficient (Wildman–Crippen LogP) is 4.12. The lowest BCUT2D eigenvalue weighted by Crippen LogP contribution is -2.41. The van der Waals surface area contributed by atoms with Crippen molar-refractivity contribution >= 4 is 43.1 Å². The van der Waals surface area contributed by atoms with Gasteiger partial charge in [0.15, 0.2) is 9.84 Å². The van der Waals surface area contributed by atoms with E-state index in [0.29, 0.717) is 5.56 Å². The number of hydrogen-bond acceptors (Lipinski definition) is 5. The molecule has 1 unspecified atom stereocenters. The highest BCUT2D eigenvalue weighted by Crippen LogP contribution is 2.30. The van der Waals surface area contributed by atoms with Gasteiger partial charge in [-0.1, -0.05) is 53.6 Å². The molecule has 0 saturated carbocycles. The molecule has 0 heterocycles. The zero-order valence-electron chi connectivity index (χ0n) is 18.9. The van der Waals surface area contributed by atoms with Gasteiger partial charge in [0.05, 0.1) is 26.5 Å². The molecule has 7 nitrogen and oxygen atoms in total. The average Bonchev–Trinajstić information content (AvgIpc) is 2.78. The SMILES string of the molecule is Cc1ccc(S(=O)(=O)N(CC(=O)NC(C)c2ccc(S(C)(=O)=O)cc2)c2ccccc2Cl)cc1. The molecule has 0 spiro atoms. The van der Waals surface area contributed by atoms with Gasteiger partial charge in [-0.3, -0.25) is 9.10 Å². The molecule has 0 radical (unpaired) electrons. The van der Waals surface area contributed by atoms with Crippen molar-refractivity contribution in [2.45, 2.75) is 29.7 Å². The van der Waals surface area contributed by atoms with Crippen LogP contribution in [-0.4, -0.2) is 35.5 Å². The molecule has 3 rings (SSSR count). The van der Waals surface area contributed by atoms with E-state index < -0.39 is 38.4 Å². The molecular formula is C24H25ClN2O5S2. The Balaban J connectivity index is 1.87. The van der Waals surface area contributed by atoms with Gasteiger partial charge in [0.1, 0.15) is 6.54 Å². The van der Waals surface area contributed by atoms with E-state index in [2.05, 4.69) is 5.32 Å². The Hall–Kier alpha value is -2.88. The summed E-state index contributed by atoms with van der Waals surface area (Å²) in [6.07, 6.45) is 1.12. The molecule has 0 aromatic heterocycles. The number of hydrogen-bond donors (Lipinski definition) is 1. The Labute approximate surface area is 205 Å². The van der Waals surface area contributed by atoms with E-state index in [9.17, 15) is 21.6 Å². The van der Waals surface area contributed by atoms with E-state index >= 15 is 0 Å². The number of amides is 1. The predicted molar refractivity (Wildman–Crippen MR) is 133 cm³/mol. The van der Waals surface area contributed by atoms with Crippen molar-refractivity contribution in [2.24, 2.45) is 0 Å². The summed E-state index contributed by atoms with van der Waals surface area (Å²) < 4.78 is 51.2. The van der Waals surface area contributed by atoms with E-state index in [1.807, 2.05) is 6.92 Å². The van der Waals surface area contributed by atoms with Gasteiger partial charge in [0.2, 0.25) is 5.91 Å². The highest BCUT2D eigenvalue weighted by atomic mass is 35.5. The number of nitrogens with one attached hydrogen (secondary N) is 1. The van der Waals surface area contributed by atoms with Crippen LogP contribution in [0.15, 0.2) is 82.6 Å². The summed E-state index contributed by atoms with van der Waals surface area (Å²) in [5, 5.41) is 2.96. The third-order valence-corrected chi connectivity index (χ3v) is 8.43. The summed E-state index contributed by atoms with van der Waals surface area (Å²) in [5.74, 6) is -0.546. The van der Waals surface area contributed by atoms with Crippen molar-refractivity contribution in [3.05, 3.63) is 88.9 Å². The number of carbonyl (C=O) groups is 1. The second kappa shape index (κ2) is 10.2. The maximum atomic E-state index is 13.4. The van der Waals surface area contributed by atoms with Gasteiger partial charge in [-0.2, -0.15) is 0 Å². The molecule has 1 N–H and O–H groups in total. The minimum Gasteiger partial charge on any atom is -0.348 e. The van der Waals surface area contributed by atoms with Crippen LogP contribution in [0.3, 0.4) is 0 Å². The first-order valence-electron chi connectivity index (χ1n) is 10.3. The van der Waals surface area contributed by atoms with Crippen molar-refractivity contribution in [1.82, 2.24) is 5.32 Å². The molecule has 0 aliphatic carbocycles. The molecule has 0 aliphatic heterocycles. The number of benzene rings is 3. The molecule has 3 aromatic rings. The molecule has 0 bridgehead atoms. The van der Waals surface area contributed by atoms with Gasteiger partial charge in [-0.15, -0.1) is 0 Å². The smallest absolute Gasteiger partial charge is 0.264 e. The molecular weight excluding hydrogens is 496 g/mol. The molecule has 0 aliphatic rings. The fourth-order valence-electron chi connectivity index (χ4n) is 3.30. The number of halogens is 1. The lowest BCUT2D eigenvalue weighted by molar-refractivity contribution is -0.120. The summed E-state index contributed by atoms with van der Waals surface area (Å²) in [4.78, 5) is 13.1. The zero-order chi connectivity index (χ0) is 25.1. The number of sulfonamides is 1. The van der Waals surface area contributed by atoms with Crippen LogP contribution in [0.1, 0.15) is 24.1 Å². The molecule has 34 heavy (non-hydrogen) atoms. The zero-order valence-corrected chi connectivity index (χ0v) is 21.3. The summed E-state index contributed by atoms with van der Waals surface area (Å²) in [7, 11) is -7.43. The minimum absolute atomic E-state index is 0.0373. The highest BCUT2D eigenvalue weighted by molar-refractivity contribution is 7.93. The second-order valence-corrected chi connectivity index (χ2v) is 12.2. The normalized spacial score (nSPS) is 12.7. The number of sulfone groups is 1. The maximum absolute atomic E-state index is 13.4. The third-order valence-electron chi connectivity index (χ3n) is 5.20. The van der Waals surface area contributed by atoms with Crippen LogP contribution in [0.5, 0.6) is 0 Å². The first-order valence-corrected chi connectivity index (χ1v) is 14.0. The average molecular weight is 521 g/mol. The molecule has 1 atom stereocenters. The second-order valence-electron chi connectivity index (χ2n) is 7.91. The first kappa shape index (κ1) is 25.7. The Bertz CT molecular complexity index is 1390. The van der Waals surface area contributed by atoms with E-state index in [0.717, 1.165) is 16.1 Å². The molecule has 180 valence electrons. The number of nitrogens with zero attached hydrogens (tertiary/aromatic N) is 1. The van der Waals surface area contributed by atoms with Crippen molar-refractivity contribution in [1.29, 1.82) is 0 Å². The van der Waals surface area contributed by atoms with Crippen molar-refractivity contribution in [3.63, 3.8) is 0 Å². The van der Waals surface area contributed by atoms with Gasteiger partial charge in [-0.25, -0.2) is 16.8 Å². The summed E-state index contributed by atoms with van der Waals surface area (Å²) in [6.45, 7) is 3.08. The Morgan fingerprint density at radius 1 is 0.912 bits per heavy atom. The summed E-state index contributed by atoms with van der Waals surface area (Å²) in [6, 6.07) is 18.4. The fourth-order valence-corrected chi connectivity index (χ4v) is 5.65. The summed E-state index contributed by atoms with van der Waals surface area (Å²) >= 11 is 6.29. The van der Waals surface area contributed by atoms with E-state index in [1.165, 1.54) is 30.3 Å². The standard InChI is InChI=1S/C24H25ClN2O5S2/c1-17-8-12-21(13-9-17)34(31,32)27(23-7-5-4-6-22(23)25)16-24(28)26-18(2)19-10-14-20(15-11-19)33(3,29)30/h4-15,18H,16H2,1-3H3,(H,26,28). The monoisotopic (exact) mass is 520 g/mol. The van der Waals surface area contributed by atoms with Crippen LogP contribution in [0.4, 0.5) is 5.69 Å². The van der Waals surface area contributed by atoms with Gasteiger partial charge < -0.3 is 5.32 Å². The van der Waals surface area contributed by atoms with E-state index in [4.69, 9.17) is 11.6 Å². The minimum atomic E-state index is -4.09.